The molecule has 22 heavy (non-hydrogen) atoms. The molecule has 0 unspecified atom stereocenters. The smallest absolute Gasteiger partial charge is 0.274 e. The van der Waals surface area contributed by atoms with Gasteiger partial charge in [0.05, 0.1) is 16.7 Å². The Kier molecular flexibility index (Phi) is 4.57. The van der Waals surface area contributed by atoms with Gasteiger partial charge in [0.1, 0.15) is 11.5 Å². The molecule has 0 radical (unpaired) electrons. The number of nitrogens with one attached hydrogen (secondary N) is 1. The summed E-state index contributed by atoms with van der Waals surface area (Å²) in [5.74, 6) is 0.666. The molecule has 1 N–H and O–H groups in total. The second kappa shape index (κ2) is 6.40. The van der Waals surface area contributed by atoms with E-state index in [1.165, 1.54) is 24.4 Å². The van der Waals surface area contributed by atoms with Crippen LogP contribution < -0.4 is 5.43 Å². The second-order valence-corrected chi connectivity index (χ2v) is 4.90. The van der Waals surface area contributed by atoms with Gasteiger partial charge in [-0.1, -0.05) is 11.6 Å². The Morgan fingerprint density at radius 1 is 1.41 bits per heavy atom. The highest BCUT2D eigenvalue weighted by atomic mass is 35.5. The first-order valence-corrected chi connectivity index (χ1v) is 6.60. The molecule has 0 aliphatic carbocycles. The summed E-state index contributed by atoms with van der Waals surface area (Å²) in [5, 5.41) is 14.8. The number of hydrazone groups is 1. The van der Waals surface area contributed by atoms with Gasteiger partial charge in [-0.15, -0.1) is 0 Å². The topological polar surface area (TPSA) is 97.7 Å². The number of non-ortho nitro benzene ring substituents is 1. The van der Waals surface area contributed by atoms with Crippen LogP contribution in [-0.2, 0) is 0 Å². The number of hydrogen-bond acceptors (Lipinski definition) is 5. The Labute approximate surface area is 130 Å². The van der Waals surface area contributed by atoms with E-state index in [2.05, 4.69) is 10.5 Å². The van der Waals surface area contributed by atoms with Crippen LogP contribution in [0.4, 0.5) is 5.69 Å². The van der Waals surface area contributed by atoms with Crippen molar-refractivity contribution in [3.05, 3.63) is 62.0 Å². The van der Waals surface area contributed by atoms with Crippen LogP contribution in [0.3, 0.4) is 0 Å². The van der Waals surface area contributed by atoms with Crippen molar-refractivity contribution in [2.45, 2.75) is 13.8 Å². The van der Waals surface area contributed by atoms with Crippen LogP contribution in [0, 0.1) is 24.0 Å². The summed E-state index contributed by atoms with van der Waals surface area (Å²) < 4.78 is 5.25. The molecule has 0 saturated carbocycles. The average molecular weight is 322 g/mol. The lowest BCUT2D eigenvalue weighted by Gasteiger charge is -1.99. The highest BCUT2D eigenvalue weighted by Gasteiger charge is 2.13. The van der Waals surface area contributed by atoms with Gasteiger partial charge in [-0.05, 0) is 26.0 Å². The summed E-state index contributed by atoms with van der Waals surface area (Å²) in [6.45, 7) is 3.40. The molecule has 0 atom stereocenters. The number of carbonyl (C=O) groups excluding carboxylic acids is 1. The number of aryl methyl sites for hydroxylation is 2. The zero-order valence-electron chi connectivity index (χ0n) is 11.8. The van der Waals surface area contributed by atoms with E-state index in [-0.39, 0.29) is 5.69 Å². The molecule has 1 aromatic heterocycles. The molecule has 1 aromatic carbocycles. The van der Waals surface area contributed by atoms with Crippen molar-refractivity contribution < 1.29 is 14.1 Å². The minimum Gasteiger partial charge on any atom is -0.466 e. The molecule has 2 rings (SSSR count). The largest absolute Gasteiger partial charge is 0.466 e. The third kappa shape index (κ3) is 3.50. The highest BCUT2D eigenvalue weighted by Crippen LogP contribution is 2.20. The summed E-state index contributed by atoms with van der Waals surface area (Å²) in [7, 11) is 0. The minimum atomic E-state index is -0.538. The predicted molar refractivity (Wildman–Crippen MR) is 81.3 cm³/mol. The Hall–Kier alpha value is -2.67. The van der Waals surface area contributed by atoms with Gasteiger partial charge in [0.2, 0.25) is 0 Å². The lowest BCUT2D eigenvalue weighted by Crippen LogP contribution is -2.17. The van der Waals surface area contributed by atoms with E-state index in [1.807, 2.05) is 0 Å². The quantitative estimate of drug-likeness (QED) is 0.531. The zero-order chi connectivity index (χ0) is 16.3. The third-order valence-corrected chi connectivity index (χ3v) is 3.19. The molecule has 0 aliphatic rings. The van der Waals surface area contributed by atoms with Gasteiger partial charge in [0.25, 0.3) is 11.6 Å². The average Bonchev–Trinajstić information content (AvgIpc) is 2.79. The first kappa shape index (κ1) is 15.7. The number of nitro groups is 1. The molecule has 0 aliphatic heterocycles. The first-order chi connectivity index (χ1) is 10.4. The molecular formula is C14H12ClN3O4. The van der Waals surface area contributed by atoms with Crippen molar-refractivity contribution in [3.8, 4) is 0 Å². The number of nitro benzene ring substituents is 1. The van der Waals surface area contributed by atoms with Crippen molar-refractivity contribution >= 4 is 29.4 Å². The fourth-order valence-corrected chi connectivity index (χ4v) is 1.99. The number of halogens is 1. The fraction of sp³-hybridized carbons (Fsp3) is 0.143. The van der Waals surface area contributed by atoms with E-state index < -0.39 is 10.8 Å². The minimum absolute atomic E-state index is 0.113. The van der Waals surface area contributed by atoms with Crippen LogP contribution >= 0.6 is 11.6 Å². The van der Waals surface area contributed by atoms with Crippen LogP contribution in [-0.4, -0.2) is 17.0 Å². The van der Waals surface area contributed by atoms with Crippen molar-refractivity contribution in [1.29, 1.82) is 0 Å². The molecule has 0 bridgehead atoms. The number of nitrogens with zero attached hydrogens (tertiary/aromatic N) is 2. The van der Waals surface area contributed by atoms with Crippen LogP contribution in [0.15, 0.2) is 33.8 Å². The third-order valence-electron chi connectivity index (χ3n) is 2.85. The van der Waals surface area contributed by atoms with E-state index in [4.69, 9.17) is 16.0 Å². The molecule has 114 valence electrons. The molecular weight excluding hydrogens is 310 g/mol. The Morgan fingerprint density at radius 2 is 2.14 bits per heavy atom. The molecule has 0 fully saturated rings. The Morgan fingerprint density at radius 3 is 2.73 bits per heavy atom. The molecule has 0 spiro atoms. The van der Waals surface area contributed by atoms with Gasteiger partial charge in [-0.2, -0.15) is 5.10 Å². The zero-order valence-corrected chi connectivity index (χ0v) is 12.5. The van der Waals surface area contributed by atoms with E-state index >= 15 is 0 Å². The molecule has 0 saturated heterocycles. The van der Waals surface area contributed by atoms with E-state index in [9.17, 15) is 14.9 Å². The van der Waals surface area contributed by atoms with E-state index in [0.717, 1.165) is 0 Å². The normalized spacial score (nSPS) is 10.9. The van der Waals surface area contributed by atoms with E-state index in [1.54, 1.807) is 19.9 Å². The summed E-state index contributed by atoms with van der Waals surface area (Å²) >= 11 is 5.92. The summed E-state index contributed by atoms with van der Waals surface area (Å²) in [6.07, 6.45) is 1.25. The maximum atomic E-state index is 11.9. The van der Waals surface area contributed by atoms with Crippen molar-refractivity contribution in [2.24, 2.45) is 5.10 Å². The van der Waals surface area contributed by atoms with Crippen molar-refractivity contribution in [1.82, 2.24) is 5.43 Å². The van der Waals surface area contributed by atoms with Gasteiger partial charge < -0.3 is 4.42 Å². The summed E-state index contributed by atoms with van der Waals surface area (Å²) in [5.41, 5.74) is 2.91. The number of rotatable bonds is 4. The summed E-state index contributed by atoms with van der Waals surface area (Å²) in [6, 6.07) is 5.55. The van der Waals surface area contributed by atoms with Crippen molar-refractivity contribution in [2.75, 3.05) is 0 Å². The monoisotopic (exact) mass is 321 g/mol. The summed E-state index contributed by atoms with van der Waals surface area (Å²) in [4.78, 5) is 22.1. The van der Waals surface area contributed by atoms with Crippen LogP contribution in [0.5, 0.6) is 0 Å². The van der Waals surface area contributed by atoms with Gasteiger partial charge >= 0.3 is 0 Å². The SMILES string of the molecule is Cc1cc(C(=O)N/N=C\c2cc([N+](=O)[O-])ccc2Cl)c(C)o1. The fourth-order valence-electron chi connectivity index (χ4n) is 1.82. The van der Waals surface area contributed by atoms with Gasteiger partial charge in [-0.25, -0.2) is 5.43 Å². The van der Waals surface area contributed by atoms with Gasteiger partial charge in [-0.3, -0.25) is 14.9 Å². The number of carbonyl (C=O) groups is 1. The molecule has 7 nitrogen and oxygen atoms in total. The van der Waals surface area contributed by atoms with Crippen LogP contribution in [0.2, 0.25) is 5.02 Å². The van der Waals surface area contributed by atoms with Gasteiger partial charge in [0.15, 0.2) is 0 Å². The lowest BCUT2D eigenvalue weighted by molar-refractivity contribution is -0.384. The van der Waals surface area contributed by atoms with Gasteiger partial charge in [0, 0.05) is 22.7 Å². The molecule has 8 heteroatoms. The van der Waals surface area contributed by atoms with Crippen LogP contribution in [0.1, 0.15) is 27.4 Å². The number of furan rings is 1. The van der Waals surface area contributed by atoms with E-state index in [0.29, 0.717) is 27.7 Å². The predicted octanol–water partition coefficient (Wildman–Crippen LogP) is 3.22. The van der Waals surface area contributed by atoms with Crippen molar-refractivity contribution in [3.63, 3.8) is 0 Å². The van der Waals surface area contributed by atoms with Crippen LogP contribution in [0.25, 0.3) is 0 Å². The molecule has 1 amide bonds. The Bertz CT molecular complexity index is 767. The number of amides is 1. The number of hydrogen-bond donors (Lipinski definition) is 1. The standard InChI is InChI=1S/C14H12ClN3O4/c1-8-5-12(9(2)22-8)14(19)17-16-7-10-6-11(18(20)21)3-4-13(10)15/h3-7H,1-2H3,(H,17,19)/b16-7-. The molecule has 2 aromatic rings. The number of benzene rings is 1. The Balaban J connectivity index is 2.12. The second-order valence-electron chi connectivity index (χ2n) is 4.49. The highest BCUT2D eigenvalue weighted by molar-refractivity contribution is 6.33. The maximum absolute atomic E-state index is 11.9. The lowest BCUT2D eigenvalue weighted by atomic mass is 10.2. The first-order valence-electron chi connectivity index (χ1n) is 6.23. The molecule has 1 heterocycles. The maximum Gasteiger partial charge on any atom is 0.274 e.